The number of nitrogens with two attached hydrogens (primary N) is 1. The van der Waals surface area contributed by atoms with Gasteiger partial charge in [-0.25, -0.2) is 0 Å². The fourth-order valence-electron chi connectivity index (χ4n) is 4.51. The van der Waals surface area contributed by atoms with Crippen LogP contribution in [0, 0.1) is 0 Å². The maximum atomic E-state index is 6.31. The van der Waals surface area contributed by atoms with E-state index in [1.165, 1.54) is 83.8 Å². The Bertz CT molecular complexity index is 286. The van der Waals surface area contributed by atoms with Crippen LogP contribution in [0.3, 0.4) is 0 Å². The van der Waals surface area contributed by atoms with Crippen molar-refractivity contribution in [2.75, 3.05) is 33.2 Å². The molecule has 2 rings (SSSR count). The highest BCUT2D eigenvalue weighted by Gasteiger charge is 2.38. The number of likely N-dealkylation sites (tertiary alicyclic amines) is 1. The van der Waals surface area contributed by atoms with Crippen LogP contribution in [-0.2, 0) is 0 Å². The van der Waals surface area contributed by atoms with Crippen LogP contribution in [0.25, 0.3) is 0 Å². The largest absolute Gasteiger partial charge is 0.329 e. The van der Waals surface area contributed by atoms with Crippen molar-refractivity contribution in [1.29, 1.82) is 0 Å². The molecule has 0 aromatic heterocycles. The highest BCUT2D eigenvalue weighted by molar-refractivity contribution is 4.96. The summed E-state index contributed by atoms with van der Waals surface area (Å²) in [7, 11) is 2.37. The summed E-state index contributed by atoms with van der Waals surface area (Å²) in [6, 6.07) is 0.772. The van der Waals surface area contributed by atoms with Gasteiger partial charge < -0.3 is 10.6 Å². The lowest BCUT2D eigenvalue weighted by Gasteiger charge is -2.45. The Kier molecular flexibility index (Phi) is 6.97. The van der Waals surface area contributed by atoms with Gasteiger partial charge in [-0.3, -0.25) is 4.90 Å². The smallest absolute Gasteiger partial charge is 0.0344 e. The number of likely N-dealkylation sites (N-methyl/N-ethyl adjacent to an activating group) is 1. The summed E-state index contributed by atoms with van der Waals surface area (Å²) in [4.78, 5) is 5.37. The van der Waals surface area contributed by atoms with E-state index in [4.69, 9.17) is 5.73 Å². The average Bonchev–Trinajstić information content (AvgIpc) is 2.88. The van der Waals surface area contributed by atoms with Crippen LogP contribution in [0.1, 0.15) is 71.1 Å². The van der Waals surface area contributed by atoms with E-state index in [1.807, 2.05) is 0 Å². The van der Waals surface area contributed by atoms with Gasteiger partial charge in [0.2, 0.25) is 0 Å². The standard InChI is InChI=1S/C18H37N3/c1-3-13-21-14-8-11-18(16-19,12-15-21)20(2)17-9-6-4-5-7-10-17/h17H,3-16,19H2,1-2H3. The first-order chi connectivity index (χ1) is 10.2. The quantitative estimate of drug-likeness (QED) is 0.790. The van der Waals surface area contributed by atoms with Crippen molar-refractivity contribution in [3.05, 3.63) is 0 Å². The molecule has 124 valence electrons. The van der Waals surface area contributed by atoms with Gasteiger partial charge in [0, 0.05) is 18.1 Å². The van der Waals surface area contributed by atoms with Gasteiger partial charge in [-0.05, 0) is 65.2 Å². The SMILES string of the molecule is CCCN1CCCC(CN)(N(C)C2CCCCCC2)CC1. The second kappa shape index (κ2) is 8.50. The molecule has 0 radical (unpaired) electrons. The molecule has 2 N–H and O–H groups in total. The van der Waals surface area contributed by atoms with Gasteiger partial charge in [0.25, 0.3) is 0 Å². The number of hydrogen-bond donors (Lipinski definition) is 1. The van der Waals surface area contributed by atoms with Gasteiger partial charge in [-0.2, -0.15) is 0 Å². The Morgan fingerprint density at radius 1 is 1.05 bits per heavy atom. The van der Waals surface area contributed by atoms with Crippen LogP contribution >= 0.6 is 0 Å². The van der Waals surface area contributed by atoms with Crippen LogP contribution in [-0.4, -0.2) is 54.6 Å². The fraction of sp³-hybridized carbons (Fsp3) is 1.00. The number of rotatable bonds is 5. The van der Waals surface area contributed by atoms with Crippen molar-refractivity contribution in [2.45, 2.75) is 82.7 Å². The van der Waals surface area contributed by atoms with Gasteiger partial charge in [0.15, 0.2) is 0 Å². The first kappa shape index (κ1) is 17.2. The topological polar surface area (TPSA) is 32.5 Å². The van der Waals surface area contributed by atoms with Gasteiger partial charge in [0.1, 0.15) is 0 Å². The maximum Gasteiger partial charge on any atom is 0.0344 e. The molecule has 0 aromatic rings. The lowest BCUT2D eigenvalue weighted by molar-refractivity contribution is 0.0552. The number of hydrogen-bond acceptors (Lipinski definition) is 3. The van der Waals surface area contributed by atoms with Crippen molar-refractivity contribution in [3.63, 3.8) is 0 Å². The van der Waals surface area contributed by atoms with Crippen LogP contribution in [0.5, 0.6) is 0 Å². The second-order valence-corrected chi connectivity index (χ2v) is 7.38. The van der Waals surface area contributed by atoms with E-state index in [-0.39, 0.29) is 5.54 Å². The number of nitrogens with zero attached hydrogens (tertiary/aromatic N) is 2. The van der Waals surface area contributed by atoms with Crippen molar-refractivity contribution in [1.82, 2.24) is 9.80 Å². The Labute approximate surface area is 132 Å². The fourth-order valence-corrected chi connectivity index (χ4v) is 4.51. The van der Waals surface area contributed by atoms with E-state index in [0.717, 1.165) is 12.6 Å². The molecular formula is C18H37N3. The Morgan fingerprint density at radius 3 is 2.38 bits per heavy atom. The molecule has 0 amide bonds. The molecule has 3 nitrogen and oxygen atoms in total. The third-order valence-corrected chi connectivity index (χ3v) is 6.05. The Balaban J connectivity index is 2.01. The molecule has 2 fully saturated rings. The normalized spacial score (nSPS) is 30.3. The van der Waals surface area contributed by atoms with E-state index < -0.39 is 0 Å². The third kappa shape index (κ3) is 4.43. The summed E-state index contributed by atoms with van der Waals surface area (Å²) >= 11 is 0. The Morgan fingerprint density at radius 2 is 1.76 bits per heavy atom. The molecule has 1 heterocycles. The summed E-state index contributed by atoms with van der Waals surface area (Å²) in [6.07, 6.45) is 13.6. The van der Waals surface area contributed by atoms with E-state index >= 15 is 0 Å². The molecular weight excluding hydrogens is 258 g/mol. The summed E-state index contributed by atoms with van der Waals surface area (Å²) in [5.41, 5.74) is 6.57. The van der Waals surface area contributed by atoms with Crippen molar-refractivity contribution in [3.8, 4) is 0 Å². The minimum atomic E-state index is 0.261. The zero-order valence-electron chi connectivity index (χ0n) is 14.4. The molecule has 1 saturated carbocycles. The van der Waals surface area contributed by atoms with Crippen molar-refractivity contribution >= 4 is 0 Å². The first-order valence-electron chi connectivity index (χ1n) is 9.37. The van der Waals surface area contributed by atoms with Gasteiger partial charge >= 0.3 is 0 Å². The summed E-state index contributed by atoms with van der Waals surface area (Å²) < 4.78 is 0. The molecule has 0 spiro atoms. The Hall–Kier alpha value is -0.120. The summed E-state index contributed by atoms with van der Waals surface area (Å²) in [5, 5.41) is 0. The molecule has 2 aliphatic rings. The van der Waals surface area contributed by atoms with Gasteiger partial charge in [-0.15, -0.1) is 0 Å². The summed E-state index contributed by atoms with van der Waals surface area (Å²) in [6.45, 7) is 6.89. The zero-order valence-corrected chi connectivity index (χ0v) is 14.4. The molecule has 1 saturated heterocycles. The van der Waals surface area contributed by atoms with E-state index in [0.29, 0.717) is 0 Å². The lowest BCUT2D eigenvalue weighted by atomic mass is 9.86. The molecule has 0 aromatic carbocycles. The van der Waals surface area contributed by atoms with E-state index in [9.17, 15) is 0 Å². The molecule has 1 atom stereocenters. The first-order valence-corrected chi connectivity index (χ1v) is 9.37. The van der Waals surface area contributed by atoms with Crippen LogP contribution in [0.15, 0.2) is 0 Å². The predicted molar refractivity (Wildman–Crippen MR) is 91.6 cm³/mol. The van der Waals surface area contributed by atoms with Gasteiger partial charge in [-0.1, -0.05) is 32.6 Å². The zero-order chi connectivity index (χ0) is 15.1. The molecule has 21 heavy (non-hydrogen) atoms. The molecule has 1 aliphatic carbocycles. The second-order valence-electron chi connectivity index (χ2n) is 7.38. The van der Waals surface area contributed by atoms with Crippen molar-refractivity contribution < 1.29 is 0 Å². The molecule has 1 unspecified atom stereocenters. The monoisotopic (exact) mass is 295 g/mol. The van der Waals surface area contributed by atoms with E-state index in [2.05, 4.69) is 23.8 Å². The minimum Gasteiger partial charge on any atom is -0.329 e. The molecule has 1 aliphatic heterocycles. The molecule has 0 bridgehead atoms. The minimum absolute atomic E-state index is 0.261. The van der Waals surface area contributed by atoms with E-state index in [1.54, 1.807) is 0 Å². The molecule has 3 heteroatoms. The van der Waals surface area contributed by atoms with Crippen LogP contribution < -0.4 is 5.73 Å². The third-order valence-electron chi connectivity index (χ3n) is 6.05. The highest BCUT2D eigenvalue weighted by atomic mass is 15.2. The predicted octanol–water partition coefficient (Wildman–Crippen LogP) is 3.23. The van der Waals surface area contributed by atoms with Crippen molar-refractivity contribution in [2.24, 2.45) is 5.73 Å². The average molecular weight is 296 g/mol. The highest BCUT2D eigenvalue weighted by Crippen LogP contribution is 2.33. The van der Waals surface area contributed by atoms with Crippen LogP contribution in [0.4, 0.5) is 0 Å². The van der Waals surface area contributed by atoms with Gasteiger partial charge in [0.05, 0.1) is 0 Å². The maximum absolute atomic E-state index is 6.31. The lowest BCUT2D eigenvalue weighted by Crippen LogP contribution is -2.56. The van der Waals surface area contributed by atoms with Crippen LogP contribution in [0.2, 0.25) is 0 Å². The summed E-state index contributed by atoms with van der Waals surface area (Å²) in [5.74, 6) is 0.